The summed E-state index contributed by atoms with van der Waals surface area (Å²) in [4.78, 5) is 60.9. The predicted octanol–water partition coefficient (Wildman–Crippen LogP) is -12.5. The molecule has 2 aromatic rings. The van der Waals surface area contributed by atoms with Crippen LogP contribution < -0.4 is 110 Å². The minimum absolute atomic E-state index is 0. The number of H-pyrrole nitrogens is 1. The fourth-order valence-electron chi connectivity index (χ4n) is 2.69. The average molecular weight is 591 g/mol. The summed E-state index contributed by atoms with van der Waals surface area (Å²) in [6.07, 6.45) is -5.42. The Balaban J connectivity index is 0. The molecule has 182 valence electrons. The second-order valence-corrected chi connectivity index (χ2v) is 10.5. The van der Waals surface area contributed by atoms with Crippen LogP contribution in [-0.2, 0) is 31.6 Å². The zero-order valence-corrected chi connectivity index (χ0v) is 26.9. The first kappa shape index (κ1) is 36.4. The number of aliphatic hydroxyl groups excluding tert-OH is 2. The van der Waals surface area contributed by atoms with Gasteiger partial charge in [-0.05, 0) is 0 Å². The van der Waals surface area contributed by atoms with Gasteiger partial charge in [0.15, 0.2) is 17.4 Å². The Morgan fingerprint density at radius 2 is 1.74 bits per heavy atom. The summed E-state index contributed by atoms with van der Waals surface area (Å²) in [5.41, 5.74) is 4.46. The van der Waals surface area contributed by atoms with Crippen molar-refractivity contribution >= 4 is 40.6 Å². The van der Waals surface area contributed by atoms with E-state index in [1.807, 2.05) is 0 Å². The number of nitrogens with two attached hydrogens (primary N) is 1. The molecule has 2 aromatic heterocycles. The number of rotatable bonds is 8. The molecule has 3 unspecified atom stereocenters. The molecule has 19 nitrogen and oxygen atoms in total. The van der Waals surface area contributed by atoms with Crippen LogP contribution >= 0.6 is 23.5 Å². The van der Waals surface area contributed by atoms with Crippen LogP contribution in [0, 0.1) is 0 Å². The summed E-state index contributed by atoms with van der Waals surface area (Å²) < 4.78 is 50.9. The zero-order valence-electron chi connectivity index (χ0n) is 19.2. The Morgan fingerprint density at radius 1 is 1.14 bits per heavy atom. The Kier molecular flexibility index (Phi) is 14.2. The number of aliphatic hydroxyl groups is 2. The number of aromatic amines is 1. The minimum Gasteiger partial charge on any atom is -1.00 e. The van der Waals surface area contributed by atoms with Gasteiger partial charge in [0.25, 0.3) is 5.56 Å². The van der Waals surface area contributed by atoms with E-state index in [0.29, 0.717) is 0 Å². The number of ether oxygens (including phenoxy) is 1. The summed E-state index contributed by atoms with van der Waals surface area (Å²) in [5, 5.41) is 20.4. The number of hydrogen-bond acceptors (Lipinski definition) is 15. The third-order valence-corrected chi connectivity index (χ3v) is 7.63. The van der Waals surface area contributed by atoms with Crippen LogP contribution in [0.5, 0.6) is 0 Å². The fraction of sp³-hybridized carbons (Fsp3) is 0.500. The van der Waals surface area contributed by atoms with E-state index in [1.54, 1.807) is 0 Å². The molecule has 7 N–H and O–H groups in total. The molecule has 0 bridgehead atoms. The minimum atomic E-state index is -6.07. The third-order valence-electron chi connectivity index (χ3n) is 3.87. The van der Waals surface area contributed by atoms with Crippen LogP contribution in [0.4, 0.5) is 5.95 Å². The molecule has 0 radical (unpaired) electrons. The van der Waals surface area contributed by atoms with Crippen LogP contribution in [0.2, 0.25) is 0 Å². The van der Waals surface area contributed by atoms with E-state index in [2.05, 4.69) is 28.1 Å². The van der Waals surface area contributed by atoms with Gasteiger partial charge in [0.05, 0.1) is 20.8 Å². The molecule has 1 aliphatic heterocycles. The van der Waals surface area contributed by atoms with Crippen molar-refractivity contribution < 1.29 is 151 Å². The van der Waals surface area contributed by atoms with E-state index in [0.717, 1.165) is 10.9 Å². The molecule has 1 aliphatic rings. The number of phosphoric acid groups is 3. The smallest absolute Gasteiger partial charge is 1.00 e. The van der Waals surface area contributed by atoms with Gasteiger partial charge in [0.2, 0.25) is 5.95 Å². The van der Waals surface area contributed by atoms with Crippen molar-refractivity contribution in [2.24, 2.45) is 0 Å². The Hall–Kier alpha value is 1.44. The van der Waals surface area contributed by atoms with E-state index in [1.165, 1.54) is 0 Å². The van der Waals surface area contributed by atoms with Crippen LogP contribution in [0.15, 0.2) is 11.1 Å². The molecular weight excluding hydrogens is 576 g/mol. The van der Waals surface area contributed by atoms with Gasteiger partial charge in [0, 0.05) is 0 Å². The SMILES string of the molecule is Nc1nc2c(ncn2[C@@H]2O[C@H](COP(=O)(O)OP(=O)(O)OP(=O)([O-])[O-])[C@H](O)C2O)c(=O)[nH]1.[H-].[Na+].[Na+].[Na+]. The number of phosphoric ester groups is 1. The van der Waals surface area contributed by atoms with Gasteiger partial charge in [-0.1, -0.05) is 0 Å². The second kappa shape index (κ2) is 13.7. The first-order valence-electron chi connectivity index (χ1n) is 8.07. The molecule has 3 rings (SSSR count). The summed E-state index contributed by atoms with van der Waals surface area (Å²) in [6, 6.07) is 0. The van der Waals surface area contributed by atoms with Gasteiger partial charge < -0.3 is 46.2 Å². The third kappa shape index (κ3) is 9.54. The molecule has 0 saturated carbocycles. The summed E-state index contributed by atoms with van der Waals surface area (Å²) >= 11 is 0. The number of fused-ring (bicyclic) bond motifs is 1. The first-order chi connectivity index (χ1) is 14.6. The molecular formula is C10H15N5Na3O14P3. The zero-order chi connectivity index (χ0) is 24.1. The molecule has 0 aromatic carbocycles. The number of nitrogen functional groups attached to an aromatic ring is 1. The van der Waals surface area contributed by atoms with Crippen LogP contribution in [0.1, 0.15) is 7.65 Å². The Bertz CT molecular complexity index is 1230. The molecule has 1 saturated heterocycles. The summed E-state index contributed by atoms with van der Waals surface area (Å²) in [5.74, 6) is -0.285. The van der Waals surface area contributed by atoms with Gasteiger partial charge in [-0.3, -0.25) is 23.2 Å². The summed E-state index contributed by atoms with van der Waals surface area (Å²) in [6.45, 7) is -1.04. The van der Waals surface area contributed by atoms with Crippen molar-refractivity contribution in [3.63, 3.8) is 0 Å². The van der Waals surface area contributed by atoms with Crippen molar-refractivity contribution in [1.29, 1.82) is 0 Å². The van der Waals surface area contributed by atoms with E-state index < -0.39 is 60.2 Å². The van der Waals surface area contributed by atoms with Crippen molar-refractivity contribution in [3.8, 4) is 0 Å². The molecule has 0 aliphatic carbocycles. The van der Waals surface area contributed by atoms with E-state index in [4.69, 9.17) is 15.4 Å². The van der Waals surface area contributed by atoms with Gasteiger partial charge >= 0.3 is 104 Å². The van der Waals surface area contributed by atoms with Crippen LogP contribution in [0.25, 0.3) is 11.2 Å². The number of hydrogen-bond donors (Lipinski definition) is 6. The molecule has 35 heavy (non-hydrogen) atoms. The topological polar surface area (TPSA) is 305 Å². The molecule has 0 amide bonds. The normalized spacial score (nSPS) is 25.5. The number of nitrogens with one attached hydrogen (secondary N) is 1. The maximum Gasteiger partial charge on any atom is 1.00 e. The number of nitrogens with zero attached hydrogens (tertiary/aromatic N) is 3. The quantitative estimate of drug-likeness (QED) is 0.123. The van der Waals surface area contributed by atoms with Gasteiger partial charge in [-0.2, -0.15) is 9.29 Å². The average Bonchev–Trinajstić information content (AvgIpc) is 3.12. The maximum atomic E-state index is 11.8. The van der Waals surface area contributed by atoms with E-state index >= 15 is 0 Å². The van der Waals surface area contributed by atoms with Crippen molar-refractivity contribution in [3.05, 3.63) is 16.7 Å². The largest absolute Gasteiger partial charge is 1.00 e. The maximum absolute atomic E-state index is 11.8. The van der Waals surface area contributed by atoms with Crippen LogP contribution in [-0.4, -0.2) is 64.4 Å². The summed E-state index contributed by atoms with van der Waals surface area (Å²) in [7, 11) is -17.5. The van der Waals surface area contributed by atoms with Gasteiger partial charge in [0.1, 0.15) is 18.3 Å². The molecule has 3 heterocycles. The van der Waals surface area contributed by atoms with E-state index in [-0.39, 0.29) is 107 Å². The number of imidazole rings is 1. The van der Waals surface area contributed by atoms with Crippen molar-refractivity contribution in [1.82, 2.24) is 19.5 Å². The Labute approximate surface area is 262 Å². The molecule has 6 atom stereocenters. The number of aromatic nitrogens is 4. The van der Waals surface area contributed by atoms with Gasteiger partial charge in [-0.15, -0.1) is 0 Å². The number of anilines is 1. The Morgan fingerprint density at radius 3 is 2.31 bits per heavy atom. The molecule has 0 spiro atoms. The second-order valence-electron chi connectivity index (χ2n) is 6.16. The fourth-order valence-corrected chi connectivity index (χ4v) is 5.65. The first-order valence-corrected chi connectivity index (χ1v) is 12.5. The van der Waals surface area contributed by atoms with Crippen molar-refractivity contribution in [2.45, 2.75) is 24.5 Å². The molecule has 25 heteroatoms. The monoisotopic (exact) mass is 591 g/mol. The van der Waals surface area contributed by atoms with E-state index in [9.17, 15) is 43.4 Å². The standard InChI is InChI=1S/C10H16N5O14P3.3Na.H/c11-10-13-7-4(8(18)14-10)12-2-15(7)9-6(17)5(16)3(27-9)1-26-31(22,23)29-32(24,25)28-30(19,20)21;;;;/h2-3,5-6,9,16-17H,1H2,(H,22,23)(H,24,25)(H2,19,20,21)(H3,11,13,14,18);;;;/q;3*+1;-1/p-2/t3-,5+,6?,9-;;;;/m1..../s1. The predicted molar refractivity (Wildman–Crippen MR) is 95.0 cm³/mol. The van der Waals surface area contributed by atoms with Crippen LogP contribution in [0.3, 0.4) is 0 Å². The van der Waals surface area contributed by atoms with Gasteiger partial charge in [-0.25, -0.2) is 14.1 Å². The molecule has 1 fully saturated rings. The van der Waals surface area contributed by atoms with Crippen molar-refractivity contribution in [2.75, 3.05) is 12.3 Å².